The zero-order valence-corrected chi connectivity index (χ0v) is 9.00. The van der Waals surface area contributed by atoms with Crippen LogP contribution in [0, 0.1) is 23.3 Å². The standard InChI is InChI=1S/C13H8F4O/c14-8-2-3-9(11(16)6-8)13(18)7-1-4-10(15)12(17)5-7/h1-6,13,18H. The zero-order valence-electron chi connectivity index (χ0n) is 9.00. The summed E-state index contributed by atoms with van der Waals surface area (Å²) in [5.41, 5.74) is -0.221. The van der Waals surface area contributed by atoms with Gasteiger partial charge in [0, 0.05) is 11.6 Å². The van der Waals surface area contributed by atoms with Gasteiger partial charge in [0.25, 0.3) is 0 Å². The van der Waals surface area contributed by atoms with E-state index in [0.29, 0.717) is 6.07 Å². The van der Waals surface area contributed by atoms with Crippen molar-refractivity contribution in [2.45, 2.75) is 6.10 Å². The van der Waals surface area contributed by atoms with Crippen LogP contribution in [0.25, 0.3) is 0 Å². The fourth-order valence-corrected chi connectivity index (χ4v) is 1.59. The molecule has 0 bridgehead atoms. The maximum Gasteiger partial charge on any atom is 0.159 e. The maximum absolute atomic E-state index is 13.4. The fraction of sp³-hybridized carbons (Fsp3) is 0.0769. The molecule has 1 nitrogen and oxygen atoms in total. The van der Waals surface area contributed by atoms with Gasteiger partial charge in [-0.2, -0.15) is 0 Å². The average Bonchev–Trinajstić information content (AvgIpc) is 2.32. The van der Waals surface area contributed by atoms with Gasteiger partial charge >= 0.3 is 0 Å². The predicted octanol–water partition coefficient (Wildman–Crippen LogP) is 3.32. The normalized spacial score (nSPS) is 12.5. The number of halogens is 4. The summed E-state index contributed by atoms with van der Waals surface area (Å²) < 4.78 is 51.8. The third-order valence-corrected chi connectivity index (χ3v) is 2.52. The molecule has 94 valence electrons. The molecule has 0 fully saturated rings. The van der Waals surface area contributed by atoms with Crippen LogP contribution in [0.1, 0.15) is 17.2 Å². The Labute approximate surface area is 100 Å². The quantitative estimate of drug-likeness (QED) is 0.817. The summed E-state index contributed by atoms with van der Waals surface area (Å²) in [6, 6.07) is 5.36. The Balaban J connectivity index is 2.41. The van der Waals surface area contributed by atoms with Gasteiger partial charge in [-0.3, -0.25) is 0 Å². The molecule has 18 heavy (non-hydrogen) atoms. The monoisotopic (exact) mass is 256 g/mol. The van der Waals surface area contributed by atoms with E-state index in [0.717, 1.165) is 30.3 Å². The van der Waals surface area contributed by atoms with E-state index in [9.17, 15) is 22.7 Å². The van der Waals surface area contributed by atoms with Crippen LogP contribution in [-0.2, 0) is 0 Å². The van der Waals surface area contributed by atoms with E-state index >= 15 is 0 Å². The number of hydrogen-bond acceptors (Lipinski definition) is 1. The number of aliphatic hydroxyl groups is 1. The van der Waals surface area contributed by atoms with Crippen molar-refractivity contribution in [3.05, 3.63) is 70.8 Å². The molecule has 2 rings (SSSR count). The van der Waals surface area contributed by atoms with Crippen LogP contribution in [0.2, 0.25) is 0 Å². The van der Waals surface area contributed by atoms with Gasteiger partial charge < -0.3 is 5.11 Å². The van der Waals surface area contributed by atoms with Gasteiger partial charge in [0.15, 0.2) is 11.6 Å². The van der Waals surface area contributed by atoms with Gasteiger partial charge in [0.05, 0.1) is 0 Å². The summed E-state index contributed by atoms with van der Waals surface area (Å²) in [7, 11) is 0. The van der Waals surface area contributed by atoms with Crippen molar-refractivity contribution < 1.29 is 22.7 Å². The van der Waals surface area contributed by atoms with Crippen LogP contribution in [-0.4, -0.2) is 5.11 Å². The molecule has 0 saturated heterocycles. The highest BCUT2D eigenvalue weighted by atomic mass is 19.2. The van der Waals surface area contributed by atoms with Gasteiger partial charge in [-0.1, -0.05) is 12.1 Å². The Kier molecular flexibility index (Phi) is 3.34. The number of aliphatic hydroxyl groups excluding tert-OH is 1. The second kappa shape index (κ2) is 4.78. The van der Waals surface area contributed by atoms with Crippen molar-refractivity contribution in [2.24, 2.45) is 0 Å². The third-order valence-electron chi connectivity index (χ3n) is 2.52. The minimum absolute atomic E-state index is 0.0144. The molecule has 1 N–H and O–H groups in total. The Morgan fingerprint density at radius 2 is 1.50 bits per heavy atom. The Morgan fingerprint density at radius 3 is 2.11 bits per heavy atom. The lowest BCUT2D eigenvalue weighted by molar-refractivity contribution is 0.214. The van der Waals surface area contributed by atoms with Gasteiger partial charge in [-0.15, -0.1) is 0 Å². The highest BCUT2D eigenvalue weighted by Crippen LogP contribution is 2.25. The van der Waals surface area contributed by atoms with Crippen LogP contribution in [0.3, 0.4) is 0 Å². The largest absolute Gasteiger partial charge is 0.384 e. The van der Waals surface area contributed by atoms with Gasteiger partial charge in [-0.25, -0.2) is 17.6 Å². The SMILES string of the molecule is OC(c1ccc(F)c(F)c1)c1ccc(F)cc1F. The highest BCUT2D eigenvalue weighted by Gasteiger charge is 2.17. The predicted molar refractivity (Wildman–Crippen MR) is 56.8 cm³/mol. The van der Waals surface area contributed by atoms with E-state index < -0.39 is 29.4 Å². The lowest BCUT2D eigenvalue weighted by atomic mass is 10.0. The first-order valence-electron chi connectivity index (χ1n) is 5.07. The molecule has 1 atom stereocenters. The van der Waals surface area contributed by atoms with Crippen molar-refractivity contribution in [2.75, 3.05) is 0 Å². The van der Waals surface area contributed by atoms with E-state index in [4.69, 9.17) is 0 Å². The molecular weight excluding hydrogens is 248 g/mol. The van der Waals surface area contributed by atoms with E-state index in [1.165, 1.54) is 0 Å². The smallest absolute Gasteiger partial charge is 0.159 e. The average molecular weight is 256 g/mol. The molecule has 0 spiro atoms. The summed E-state index contributed by atoms with van der Waals surface area (Å²) in [4.78, 5) is 0. The summed E-state index contributed by atoms with van der Waals surface area (Å²) in [5.74, 6) is -3.94. The minimum atomic E-state index is -1.49. The Bertz CT molecular complexity index is 583. The summed E-state index contributed by atoms with van der Waals surface area (Å²) in [6.07, 6.45) is -1.49. The summed E-state index contributed by atoms with van der Waals surface area (Å²) in [6.45, 7) is 0. The summed E-state index contributed by atoms with van der Waals surface area (Å²) >= 11 is 0. The molecule has 5 heteroatoms. The molecule has 0 radical (unpaired) electrons. The van der Waals surface area contributed by atoms with Crippen LogP contribution in [0.4, 0.5) is 17.6 Å². The molecule has 0 aliphatic rings. The second-order valence-corrected chi connectivity index (χ2v) is 3.74. The van der Waals surface area contributed by atoms with Gasteiger partial charge in [-0.05, 0) is 23.8 Å². The first-order chi connectivity index (χ1) is 8.49. The first kappa shape index (κ1) is 12.6. The topological polar surface area (TPSA) is 20.2 Å². The van der Waals surface area contributed by atoms with E-state index in [-0.39, 0.29) is 11.1 Å². The molecule has 1 unspecified atom stereocenters. The molecule has 0 saturated carbocycles. The van der Waals surface area contributed by atoms with Crippen molar-refractivity contribution in [1.82, 2.24) is 0 Å². The van der Waals surface area contributed by atoms with E-state index in [1.54, 1.807) is 0 Å². The van der Waals surface area contributed by atoms with Crippen molar-refractivity contribution >= 4 is 0 Å². The maximum atomic E-state index is 13.4. The van der Waals surface area contributed by atoms with Gasteiger partial charge in [0.2, 0.25) is 0 Å². The molecule has 0 aliphatic heterocycles. The fourth-order valence-electron chi connectivity index (χ4n) is 1.59. The lowest BCUT2D eigenvalue weighted by Crippen LogP contribution is -2.04. The third kappa shape index (κ3) is 2.36. The lowest BCUT2D eigenvalue weighted by Gasteiger charge is -2.12. The van der Waals surface area contributed by atoms with Crippen LogP contribution >= 0.6 is 0 Å². The van der Waals surface area contributed by atoms with Crippen LogP contribution in [0.5, 0.6) is 0 Å². The number of benzene rings is 2. The van der Waals surface area contributed by atoms with Crippen molar-refractivity contribution in [3.8, 4) is 0 Å². The molecule has 0 heterocycles. The Morgan fingerprint density at radius 1 is 0.778 bits per heavy atom. The molecule has 0 aromatic heterocycles. The summed E-state index contributed by atoms with van der Waals surface area (Å²) in [5, 5.41) is 9.83. The number of hydrogen-bond donors (Lipinski definition) is 1. The van der Waals surface area contributed by atoms with E-state index in [1.807, 2.05) is 0 Å². The molecule has 0 aliphatic carbocycles. The van der Waals surface area contributed by atoms with Crippen LogP contribution in [0.15, 0.2) is 36.4 Å². The van der Waals surface area contributed by atoms with Crippen LogP contribution < -0.4 is 0 Å². The highest BCUT2D eigenvalue weighted by molar-refractivity contribution is 5.31. The minimum Gasteiger partial charge on any atom is -0.384 e. The number of rotatable bonds is 2. The van der Waals surface area contributed by atoms with Crippen molar-refractivity contribution in [3.63, 3.8) is 0 Å². The second-order valence-electron chi connectivity index (χ2n) is 3.74. The Hall–Kier alpha value is -1.88. The molecular formula is C13H8F4O. The molecule has 2 aromatic carbocycles. The molecule has 2 aromatic rings. The molecule has 0 amide bonds. The van der Waals surface area contributed by atoms with Crippen molar-refractivity contribution in [1.29, 1.82) is 0 Å². The van der Waals surface area contributed by atoms with E-state index in [2.05, 4.69) is 0 Å². The van der Waals surface area contributed by atoms with Gasteiger partial charge in [0.1, 0.15) is 17.7 Å². The zero-order chi connectivity index (χ0) is 13.3. The first-order valence-corrected chi connectivity index (χ1v) is 5.07.